The molecule has 0 spiro atoms. The van der Waals surface area contributed by atoms with E-state index in [1.54, 1.807) is 10.9 Å². The minimum atomic E-state index is 0.00694. The van der Waals surface area contributed by atoms with Crippen LogP contribution in [0, 0.1) is 5.92 Å². The molecule has 0 aromatic carbocycles. The summed E-state index contributed by atoms with van der Waals surface area (Å²) in [7, 11) is 1.86. The van der Waals surface area contributed by atoms with E-state index in [0.29, 0.717) is 10.9 Å². The van der Waals surface area contributed by atoms with Gasteiger partial charge in [-0.05, 0) is 6.42 Å². The van der Waals surface area contributed by atoms with Crippen molar-refractivity contribution in [2.75, 3.05) is 13.2 Å². The van der Waals surface area contributed by atoms with Gasteiger partial charge in [-0.2, -0.15) is 5.10 Å². The summed E-state index contributed by atoms with van der Waals surface area (Å²) in [5, 5.41) is 4.75. The second-order valence-corrected chi connectivity index (χ2v) is 4.18. The van der Waals surface area contributed by atoms with Gasteiger partial charge >= 0.3 is 0 Å². The molecule has 2 rings (SSSR count). The Morgan fingerprint density at radius 1 is 1.80 bits per heavy atom. The number of hydrogen-bond donors (Lipinski definition) is 2. The highest BCUT2D eigenvalue weighted by Crippen LogP contribution is 2.31. The van der Waals surface area contributed by atoms with Crippen molar-refractivity contribution in [2.24, 2.45) is 18.8 Å². The molecule has 2 unspecified atom stereocenters. The molecule has 0 saturated carbocycles. The Balaban J connectivity index is 2.25. The van der Waals surface area contributed by atoms with Crippen molar-refractivity contribution >= 4 is 11.6 Å². The zero-order chi connectivity index (χ0) is 10.8. The monoisotopic (exact) mass is 230 g/mol. The summed E-state index contributed by atoms with van der Waals surface area (Å²) in [5.41, 5.74) is 3.73. The third kappa shape index (κ3) is 2.01. The largest absolute Gasteiger partial charge is 0.381 e. The summed E-state index contributed by atoms with van der Waals surface area (Å²) in [6, 6.07) is 0.00694. The molecule has 6 heteroatoms. The lowest BCUT2D eigenvalue weighted by atomic mass is 9.97. The molecular formula is C9H15ClN4O. The van der Waals surface area contributed by atoms with Gasteiger partial charge in [0.2, 0.25) is 0 Å². The average Bonchev–Trinajstić information content (AvgIpc) is 2.83. The zero-order valence-electron chi connectivity index (χ0n) is 8.61. The topological polar surface area (TPSA) is 65.1 Å². The summed E-state index contributed by atoms with van der Waals surface area (Å²) in [6.07, 6.45) is 2.63. The van der Waals surface area contributed by atoms with Gasteiger partial charge in [0.15, 0.2) is 0 Å². The van der Waals surface area contributed by atoms with Crippen LogP contribution in [0.25, 0.3) is 0 Å². The number of hydrogen-bond acceptors (Lipinski definition) is 4. The molecular weight excluding hydrogens is 216 g/mol. The van der Waals surface area contributed by atoms with Gasteiger partial charge < -0.3 is 4.74 Å². The number of hydrazine groups is 1. The van der Waals surface area contributed by atoms with E-state index in [4.69, 9.17) is 22.2 Å². The quantitative estimate of drug-likeness (QED) is 0.590. The Hall–Kier alpha value is -0.620. The predicted molar refractivity (Wildman–Crippen MR) is 57.2 cm³/mol. The van der Waals surface area contributed by atoms with Gasteiger partial charge in [0.1, 0.15) is 0 Å². The van der Waals surface area contributed by atoms with Gasteiger partial charge in [-0.15, -0.1) is 0 Å². The van der Waals surface area contributed by atoms with E-state index in [2.05, 4.69) is 10.5 Å². The SMILES string of the molecule is Cn1ncc(Cl)c1C(NN)C1CCOC1. The molecule has 1 aromatic heterocycles. The van der Waals surface area contributed by atoms with Gasteiger partial charge in [0, 0.05) is 19.6 Å². The molecule has 2 heterocycles. The fourth-order valence-corrected chi connectivity index (χ4v) is 2.31. The minimum absolute atomic E-state index is 0.00694. The first kappa shape index (κ1) is 10.9. The molecule has 1 saturated heterocycles. The summed E-state index contributed by atoms with van der Waals surface area (Å²) in [5.74, 6) is 5.94. The lowest BCUT2D eigenvalue weighted by molar-refractivity contribution is 0.175. The number of nitrogens with two attached hydrogens (primary N) is 1. The smallest absolute Gasteiger partial charge is 0.0834 e. The van der Waals surface area contributed by atoms with Crippen LogP contribution in [0.15, 0.2) is 6.20 Å². The average molecular weight is 231 g/mol. The fourth-order valence-electron chi connectivity index (χ4n) is 2.02. The maximum absolute atomic E-state index is 6.08. The van der Waals surface area contributed by atoms with Crippen LogP contribution in [-0.4, -0.2) is 23.0 Å². The van der Waals surface area contributed by atoms with Crippen molar-refractivity contribution in [1.82, 2.24) is 15.2 Å². The van der Waals surface area contributed by atoms with Crippen LogP contribution in [0.1, 0.15) is 18.2 Å². The van der Waals surface area contributed by atoms with E-state index in [9.17, 15) is 0 Å². The summed E-state index contributed by atoms with van der Waals surface area (Å²) in [4.78, 5) is 0. The highest BCUT2D eigenvalue weighted by Gasteiger charge is 2.29. The summed E-state index contributed by atoms with van der Waals surface area (Å²) < 4.78 is 7.10. The number of nitrogens with zero attached hydrogens (tertiary/aromatic N) is 2. The lowest BCUT2D eigenvalue weighted by Crippen LogP contribution is -2.35. The van der Waals surface area contributed by atoms with E-state index in [1.165, 1.54) is 0 Å². The van der Waals surface area contributed by atoms with E-state index in [1.807, 2.05) is 7.05 Å². The maximum Gasteiger partial charge on any atom is 0.0834 e. The van der Waals surface area contributed by atoms with Gasteiger partial charge in [-0.25, -0.2) is 0 Å². The molecule has 0 bridgehead atoms. The number of aromatic nitrogens is 2. The second-order valence-electron chi connectivity index (χ2n) is 3.77. The maximum atomic E-state index is 6.08. The summed E-state index contributed by atoms with van der Waals surface area (Å²) in [6.45, 7) is 1.51. The number of halogens is 1. The van der Waals surface area contributed by atoms with Crippen molar-refractivity contribution < 1.29 is 4.74 Å². The van der Waals surface area contributed by atoms with E-state index in [-0.39, 0.29) is 6.04 Å². The Bertz CT molecular complexity index is 315. The molecule has 0 radical (unpaired) electrons. The van der Waals surface area contributed by atoms with Crippen molar-refractivity contribution in [3.63, 3.8) is 0 Å². The third-order valence-electron chi connectivity index (χ3n) is 2.85. The van der Waals surface area contributed by atoms with Crippen LogP contribution in [0.3, 0.4) is 0 Å². The Morgan fingerprint density at radius 3 is 3.07 bits per heavy atom. The van der Waals surface area contributed by atoms with Crippen LogP contribution in [0.5, 0.6) is 0 Å². The zero-order valence-corrected chi connectivity index (χ0v) is 9.37. The van der Waals surface area contributed by atoms with Crippen LogP contribution in [0.4, 0.5) is 0 Å². The summed E-state index contributed by atoms with van der Waals surface area (Å²) >= 11 is 6.08. The third-order valence-corrected chi connectivity index (χ3v) is 3.14. The number of aryl methyl sites for hydroxylation is 1. The normalized spacial score (nSPS) is 23.3. The van der Waals surface area contributed by atoms with Gasteiger partial charge in [0.25, 0.3) is 0 Å². The number of nitrogens with one attached hydrogen (secondary N) is 1. The van der Waals surface area contributed by atoms with Gasteiger partial charge in [0.05, 0.1) is 29.6 Å². The van der Waals surface area contributed by atoms with Crippen LogP contribution in [-0.2, 0) is 11.8 Å². The number of rotatable bonds is 3. The molecule has 3 N–H and O–H groups in total. The minimum Gasteiger partial charge on any atom is -0.381 e. The molecule has 1 aliphatic rings. The molecule has 5 nitrogen and oxygen atoms in total. The first-order valence-corrected chi connectivity index (χ1v) is 5.33. The van der Waals surface area contributed by atoms with Crippen molar-refractivity contribution in [2.45, 2.75) is 12.5 Å². The molecule has 84 valence electrons. The van der Waals surface area contributed by atoms with E-state index < -0.39 is 0 Å². The van der Waals surface area contributed by atoms with E-state index >= 15 is 0 Å². The van der Waals surface area contributed by atoms with Crippen molar-refractivity contribution in [3.05, 3.63) is 16.9 Å². The van der Waals surface area contributed by atoms with Crippen LogP contribution in [0.2, 0.25) is 5.02 Å². The van der Waals surface area contributed by atoms with Crippen molar-refractivity contribution in [3.8, 4) is 0 Å². The lowest BCUT2D eigenvalue weighted by Gasteiger charge is -2.22. The predicted octanol–water partition coefficient (Wildman–Crippen LogP) is 0.614. The van der Waals surface area contributed by atoms with Crippen LogP contribution >= 0.6 is 11.6 Å². The van der Waals surface area contributed by atoms with Crippen molar-refractivity contribution in [1.29, 1.82) is 0 Å². The first-order chi connectivity index (χ1) is 7.24. The fraction of sp³-hybridized carbons (Fsp3) is 0.667. The Kier molecular flexibility index (Phi) is 3.25. The first-order valence-electron chi connectivity index (χ1n) is 4.95. The van der Waals surface area contributed by atoms with Gasteiger partial charge in [-0.3, -0.25) is 16.0 Å². The molecule has 15 heavy (non-hydrogen) atoms. The molecule has 0 amide bonds. The molecule has 0 aliphatic carbocycles. The second kappa shape index (κ2) is 4.49. The Morgan fingerprint density at radius 2 is 2.60 bits per heavy atom. The van der Waals surface area contributed by atoms with Crippen LogP contribution < -0.4 is 11.3 Å². The van der Waals surface area contributed by atoms with Gasteiger partial charge in [-0.1, -0.05) is 11.6 Å². The standard InChI is InChI=1S/C9H15ClN4O/c1-14-9(7(10)4-12-14)8(13-11)6-2-3-15-5-6/h4,6,8,13H,2-3,5,11H2,1H3. The molecule has 2 atom stereocenters. The molecule has 1 fully saturated rings. The molecule has 1 aromatic rings. The highest BCUT2D eigenvalue weighted by atomic mass is 35.5. The highest BCUT2D eigenvalue weighted by molar-refractivity contribution is 6.31. The number of ether oxygens (including phenoxy) is 1. The van der Waals surface area contributed by atoms with E-state index in [0.717, 1.165) is 25.3 Å². The molecule has 1 aliphatic heterocycles. The Labute approximate surface area is 93.5 Å².